The summed E-state index contributed by atoms with van der Waals surface area (Å²) in [5, 5.41) is 10.2. The van der Waals surface area contributed by atoms with E-state index in [2.05, 4.69) is 23.7 Å². The number of aliphatic carboxylic acids is 1. The predicted molar refractivity (Wildman–Crippen MR) is 162 cm³/mol. The number of nitrogens with zero attached hydrogens (tertiary/aromatic N) is 2. The predicted octanol–water partition coefficient (Wildman–Crippen LogP) is 7.54. The maximum atomic E-state index is 13.2. The van der Waals surface area contributed by atoms with Crippen molar-refractivity contribution < 1.29 is 28.6 Å². The topological polar surface area (TPSA) is 89.0 Å². The Kier molecular flexibility index (Phi) is 9.58. The van der Waals surface area contributed by atoms with Crippen LogP contribution in [0.3, 0.4) is 0 Å². The highest BCUT2D eigenvalue weighted by molar-refractivity contribution is 6.31. The maximum absolute atomic E-state index is 13.2. The molecular weight excluding hydrogens is 559 g/mol. The fourth-order valence-corrected chi connectivity index (χ4v) is 5.36. The number of carboxylic acids is 1. The molecule has 0 aliphatic carbocycles. The number of anilines is 1. The van der Waals surface area contributed by atoms with Gasteiger partial charge in [-0.1, -0.05) is 49.7 Å². The fraction of sp³-hybridized carbons (Fsp3) is 0.424. The minimum Gasteiger partial charge on any atom is -0.493 e. The number of aromatic nitrogens is 1. The van der Waals surface area contributed by atoms with E-state index in [1.165, 1.54) is 12.1 Å². The molecule has 0 saturated carbocycles. The number of hydrogen-bond donors (Lipinski definition) is 1. The molecule has 0 spiro atoms. The van der Waals surface area contributed by atoms with Gasteiger partial charge in [0.15, 0.2) is 12.4 Å². The summed E-state index contributed by atoms with van der Waals surface area (Å²) < 4.78 is 25.1. The Labute approximate surface area is 251 Å². The first kappa shape index (κ1) is 31.4. The van der Waals surface area contributed by atoms with Crippen LogP contribution in [-0.4, -0.2) is 47.6 Å². The van der Waals surface area contributed by atoms with Gasteiger partial charge in [0, 0.05) is 25.1 Å². The highest BCUT2D eigenvalue weighted by atomic mass is 35.5. The van der Waals surface area contributed by atoms with Crippen molar-refractivity contribution in [1.82, 2.24) is 4.98 Å². The van der Waals surface area contributed by atoms with Crippen LogP contribution in [0.15, 0.2) is 48.5 Å². The van der Waals surface area contributed by atoms with E-state index in [9.17, 15) is 19.1 Å². The molecule has 2 heterocycles. The molecular formula is C33H38ClFN2O5. The summed E-state index contributed by atoms with van der Waals surface area (Å²) in [7, 11) is 0. The van der Waals surface area contributed by atoms with E-state index in [4.69, 9.17) is 21.1 Å². The summed E-state index contributed by atoms with van der Waals surface area (Å²) in [6.45, 7) is 11.5. The number of pyridine rings is 1. The first-order chi connectivity index (χ1) is 19.8. The van der Waals surface area contributed by atoms with Crippen molar-refractivity contribution in [2.24, 2.45) is 5.41 Å². The Hall–Kier alpha value is -3.49. The van der Waals surface area contributed by atoms with Crippen molar-refractivity contribution >= 4 is 29.5 Å². The third kappa shape index (κ3) is 7.66. The third-order valence-corrected chi connectivity index (χ3v) is 7.70. The number of halogens is 2. The minimum atomic E-state index is -1.40. The lowest BCUT2D eigenvalue weighted by Crippen LogP contribution is -2.39. The Bertz CT molecular complexity index is 1410. The monoisotopic (exact) mass is 596 g/mol. The van der Waals surface area contributed by atoms with Gasteiger partial charge >= 0.3 is 5.97 Å². The average Bonchev–Trinajstić information content (AvgIpc) is 2.92. The standard InChI is InChI=1S/C33H38ClFN2O5/c1-32(2,3)42-29(31(39)40)27-28(37-17-15-33(4,5)16-18-37)26(25(20-38)36-30(27)34)22-8-12-24(13-9-22)41-19-14-21-6-10-23(35)11-7-21/h6-13,20,29H,14-19H2,1-5H3,(H,39,40). The first-order valence-corrected chi connectivity index (χ1v) is 14.5. The molecule has 4 rings (SSSR count). The summed E-state index contributed by atoms with van der Waals surface area (Å²) in [5.41, 5.74) is 2.38. The molecule has 2 aromatic carbocycles. The van der Waals surface area contributed by atoms with Gasteiger partial charge in [0.05, 0.1) is 23.5 Å². The summed E-state index contributed by atoms with van der Waals surface area (Å²) in [4.78, 5) is 31.4. The zero-order valence-electron chi connectivity index (χ0n) is 24.7. The van der Waals surface area contributed by atoms with Crippen LogP contribution in [0, 0.1) is 11.2 Å². The maximum Gasteiger partial charge on any atom is 0.337 e. The van der Waals surface area contributed by atoms with Crippen LogP contribution in [0.4, 0.5) is 10.1 Å². The number of carbonyl (C=O) groups is 2. The Morgan fingerprint density at radius 3 is 2.29 bits per heavy atom. The minimum absolute atomic E-state index is 0.0712. The van der Waals surface area contributed by atoms with Crippen molar-refractivity contribution in [2.45, 2.75) is 65.6 Å². The zero-order chi connectivity index (χ0) is 30.7. The van der Waals surface area contributed by atoms with Gasteiger partial charge in [-0.3, -0.25) is 4.79 Å². The van der Waals surface area contributed by atoms with Crippen molar-refractivity contribution in [2.75, 3.05) is 24.6 Å². The van der Waals surface area contributed by atoms with Crippen molar-refractivity contribution in [3.8, 4) is 16.9 Å². The first-order valence-electron chi connectivity index (χ1n) is 14.1. The molecule has 1 aliphatic heterocycles. The van der Waals surface area contributed by atoms with Gasteiger partial charge in [0.25, 0.3) is 0 Å². The van der Waals surface area contributed by atoms with E-state index in [0.717, 1.165) is 18.4 Å². The van der Waals surface area contributed by atoms with Crippen LogP contribution < -0.4 is 9.64 Å². The quantitative estimate of drug-likeness (QED) is 0.191. The lowest BCUT2D eigenvalue weighted by Gasteiger charge is -2.41. The molecule has 1 aromatic heterocycles. The SMILES string of the molecule is CC1(C)CCN(c2c(-c3ccc(OCCc4ccc(F)cc4)cc3)c(C=O)nc(Cl)c2C(OC(C)(C)C)C(=O)O)CC1. The van der Waals surface area contributed by atoms with Crippen molar-refractivity contribution in [1.29, 1.82) is 0 Å². The smallest absolute Gasteiger partial charge is 0.337 e. The van der Waals surface area contributed by atoms with E-state index in [1.807, 2.05) is 12.1 Å². The summed E-state index contributed by atoms with van der Waals surface area (Å²) in [5.74, 6) is -0.851. The van der Waals surface area contributed by atoms with Gasteiger partial charge in [0.1, 0.15) is 22.4 Å². The summed E-state index contributed by atoms with van der Waals surface area (Å²) in [6, 6.07) is 13.5. The summed E-state index contributed by atoms with van der Waals surface area (Å²) >= 11 is 6.68. The van der Waals surface area contributed by atoms with E-state index >= 15 is 0 Å². The van der Waals surface area contributed by atoms with Gasteiger partial charge in [-0.05, 0) is 74.4 Å². The molecule has 1 saturated heterocycles. The van der Waals surface area contributed by atoms with Gasteiger partial charge in [-0.15, -0.1) is 0 Å². The van der Waals surface area contributed by atoms with E-state index in [1.54, 1.807) is 45.0 Å². The number of benzene rings is 2. The molecule has 0 radical (unpaired) electrons. The molecule has 0 amide bonds. The lowest BCUT2D eigenvalue weighted by molar-refractivity contribution is -0.160. The number of rotatable bonds is 10. The van der Waals surface area contributed by atoms with Crippen LogP contribution in [0.1, 0.15) is 75.2 Å². The van der Waals surface area contributed by atoms with E-state index in [0.29, 0.717) is 55.0 Å². The highest BCUT2D eigenvalue weighted by Crippen LogP contribution is 2.46. The number of aldehydes is 1. The van der Waals surface area contributed by atoms with Crippen LogP contribution in [0.5, 0.6) is 5.75 Å². The van der Waals surface area contributed by atoms with Crippen molar-refractivity contribution in [3.05, 3.63) is 76.3 Å². The second-order valence-corrected chi connectivity index (χ2v) is 12.8. The molecule has 9 heteroatoms. The molecule has 1 unspecified atom stereocenters. The molecule has 1 fully saturated rings. The number of ether oxygens (including phenoxy) is 2. The van der Waals surface area contributed by atoms with Crippen LogP contribution in [0.2, 0.25) is 5.15 Å². The number of hydrogen-bond acceptors (Lipinski definition) is 6. The highest BCUT2D eigenvalue weighted by Gasteiger charge is 2.37. The van der Waals surface area contributed by atoms with Gasteiger partial charge in [-0.2, -0.15) is 0 Å². The third-order valence-electron chi connectivity index (χ3n) is 7.41. The second kappa shape index (κ2) is 12.8. The molecule has 224 valence electrons. The summed E-state index contributed by atoms with van der Waals surface area (Å²) in [6.07, 6.45) is 1.61. The normalized spacial score (nSPS) is 15.7. The molecule has 1 atom stereocenters. The van der Waals surface area contributed by atoms with E-state index in [-0.39, 0.29) is 27.6 Å². The molecule has 3 aromatic rings. The van der Waals surface area contributed by atoms with Crippen LogP contribution in [0.25, 0.3) is 11.1 Å². The van der Waals surface area contributed by atoms with Crippen LogP contribution >= 0.6 is 11.6 Å². The average molecular weight is 597 g/mol. The Balaban J connectivity index is 1.75. The zero-order valence-corrected chi connectivity index (χ0v) is 25.5. The number of carboxylic acid groups (broad SMARTS) is 1. The van der Waals surface area contributed by atoms with Gasteiger partial charge < -0.3 is 19.5 Å². The molecule has 1 aliphatic rings. The van der Waals surface area contributed by atoms with Crippen molar-refractivity contribution in [3.63, 3.8) is 0 Å². The Morgan fingerprint density at radius 1 is 1.12 bits per heavy atom. The molecule has 7 nitrogen and oxygen atoms in total. The van der Waals surface area contributed by atoms with Gasteiger partial charge in [-0.25, -0.2) is 14.2 Å². The van der Waals surface area contributed by atoms with Gasteiger partial charge in [0.2, 0.25) is 0 Å². The molecule has 0 bridgehead atoms. The number of piperidine rings is 1. The second-order valence-electron chi connectivity index (χ2n) is 12.4. The lowest BCUT2D eigenvalue weighted by atomic mass is 9.82. The molecule has 1 N–H and O–H groups in total. The molecule has 42 heavy (non-hydrogen) atoms. The van der Waals surface area contributed by atoms with E-state index < -0.39 is 17.7 Å². The van der Waals surface area contributed by atoms with Crippen LogP contribution in [-0.2, 0) is 16.0 Å². The number of carbonyl (C=O) groups excluding carboxylic acids is 1. The Morgan fingerprint density at radius 2 is 1.74 bits per heavy atom. The largest absolute Gasteiger partial charge is 0.493 e. The fourth-order valence-electron chi connectivity index (χ4n) is 5.08.